The minimum absolute atomic E-state index is 0.0858. The lowest BCUT2D eigenvalue weighted by molar-refractivity contribution is -0.161. The van der Waals surface area contributed by atoms with E-state index in [1.165, 1.54) is 283 Å². The van der Waals surface area contributed by atoms with Crippen molar-refractivity contribution in [3.63, 3.8) is 0 Å². The summed E-state index contributed by atoms with van der Waals surface area (Å²) < 4.78 is 69.1. The van der Waals surface area contributed by atoms with Gasteiger partial charge in [0, 0.05) is 25.7 Å². The number of hydrogen-bond acceptors (Lipinski definition) is 15. The van der Waals surface area contributed by atoms with Gasteiger partial charge in [-0.1, -0.05) is 425 Å². The number of phosphoric acid groups is 2. The Kier molecular flexibility index (Phi) is 81.8. The van der Waals surface area contributed by atoms with E-state index in [2.05, 4.69) is 65.8 Å². The van der Waals surface area contributed by atoms with E-state index in [1.54, 1.807) is 0 Å². The Morgan fingerprint density at radius 3 is 0.759 bits per heavy atom. The van der Waals surface area contributed by atoms with Crippen molar-refractivity contribution < 1.29 is 80.2 Å². The number of esters is 4. The first-order chi connectivity index (χ1) is 54.4. The normalized spacial score (nSPS) is 14.3. The van der Waals surface area contributed by atoms with E-state index in [-0.39, 0.29) is 25.7 Å². The monoisotopic (exact) mass is 1630 g/mol. The van der Waals surface area contributed by atoms with Crippen molar-refractivity contribution in [2.45, 2.75) is 496 Å². The number of unbranched alkanes of at least 4 members (excludes halogenated alkanes) is 55. The fraction of sp³-hybridized carbons (Fsp3) is 0.914. The lowest BCUT2D eigenvalue weighted by Crippen LogP contribution is -2.30. The summed E-state index contributed by atoms with van der Waals surface area (Å²) in [7, 11) is -9.95. The molecule has 0 saturated carbocycles. The van der Waals surface area contributed by atoms with Crippen molar-refractivity contribution in [2.24, 2.45) is 11.8 Å². The van der Waals surface area contributed by atoms with Gasteiger partial charge >= 0.3 is 39.5 Å². The summed E-state index contributed by atoms with van der Waals surface area (Å²) in [6.45, 7) is 9.78. The highest BCUT2D eigenvalue weighted by atomic mass is 31.2. The van der Waals surface area contributed by atoms with Crippen LogP contribution in [0, 0.1) is 11.8 Å². The first-order valence-corrected chi connectivity index (χ1v) is 50.4. The fourth-order valence-corrected chi connectivity index (χ4v) is 15.6. The average Bonchev–Trinajstić information content (AvgIpc) is 0.900. The molecule has 3 N–H and O–H groups in total. The maximum Gasteiger partial charge on any atom is 0.472 e. The predicted molar refractivity (Wildman–Crippen MR) is 464 cm³/mol. The molecule has 0 aromatic heterocycles. The van der Waals surface area contributed by atoms with Crippen LogP contribution in [0.15, 0.2) is 24.3 Å². The van der Waals surface area contributed by atoms with Gasteiger partial charge in [-0.05, 0) is 63.2 Å². The lowest BCUT2D eigenvalue weighted by Gasteiger charge is -2.21. The van der Waals surface area contributed by atoms with Crippen LogP contribution in [0.4, 0.5) is 0 Å². The molecular weight excluding hydrogens is 1450 g/mol. The summed E-state index contributed by atoms with van der Waals surface area (Å²) in [6, 6.07) is 0. The van der Waals surface area contributed by atoms with Crippen LogP contribution in [-0.4, -0.2) is 96.7 Å². The topological polar surface area (TPSA) is 237 Å². The van der Waals surface area contributed by atoms with Crippen LogP contribution in [-0.2, 0) is 65.4 Å². The molecule has 112 heavy (non-hydrogen) atoms. The van der Waals surface area contributed by atoms with E-state index in [4.69, 9.17) is 37.0 Å². The molecule has 0 aliphatic heterocycles. The van der Waals surface area contributed by atoms with Gasteiger partial charge in [-0.2, -0.15) is 0 Å². The third-order valence-electron chi connectivity index (χ3n) is 22.1. The van der Waals surface area contributed by atoms with Gasteiger partial charge in [-0.25, -0.2) is 9.13 Å². The highest BCUT2D eigenvalue weighted by molar-refractivity contribution is 7.47. The van der Waals surface area contributed by atoms with Crippen molar-refractivity contribution >= 4 is 39.5 Å². The van der Waals surface area contributed by atoms with Crippen molar-refractivity contribution in [3.8, 4) is 0 Å². The maximum absolute atomic E-state index is 13.2. The molecule has 7 atom stereocenters. The van der Waals surface area contributed by atoms with E-state index in [1.807, 2.05) is 0 Å². The van der Waals surface area contributed by atoms with Gasteiger partial charge in [0.1, 0.15) is 19.3 Å². The molecule has 0 fully saturated rings. The van der Waals surface area contributed by atoms with Crippen LogP contribution in [0.1, 0.15) is 478 Å². The third kappa shape index (κ3) is 82.6. The Morgan fingerprint density at radius 1 is 0.286 bits per heavy atom. The van der Waals surface area contributed by atoms with Crippen LogP contribution in [0.5, 0.6) is 0 Å². The van der Waals surface area contributed by atoms with Gasteiger partial charge in [0.2, 0.25) is 0 Å². The van der Waals surface area contributed by atoms with Crippen LogP contribution in [0.3, 0.4) is 0 Å². The average molecular weight is 1630 g/mol. The molecule has 0 bridgehead atoms. The van der Waals surface area contributed by atoms with Crippen molar-refractivity contribution in [1.29, 1.82) is 0 Å². The van der Waals surface area contributed by atoms with Crippen molar-refractivity contribution in [1.82, 2.24) is 0 Å². The van der Waals surface area contributed by atoms with Gasteiger partial charge in [0.15, 0.2) is 12.2 Å². The second-order valence-electron chi connectivity index (χ2n) is 33.2. The Labute approximate surface area is 688 Å². The molecule has 662 valence electrons. The van der Waals surface area contributed by atoms with Crippen molar-refractivity contribution in [3.05, 3.63) is 24.3 Å². The Bertz CT molecular complexity index is 2230. The summed E-state index contributed by atoms with van der Waals surface area (Å²) in [6.07, 6.45) is 81.3. The van der Waals surface area contributed by atoms with Gasteiger partial charge in [0.05, 0.1) is 26.4 Å². The second-order valence-corrected chi connectivity index (χ2v) is 36.1. The van der Waals surface area contributed by atoms with E-state index < -0.39 is 97.5 Å². The Hall–Kier alpha value is -2.46. The van der Waals surface area contributed by atoms with Crippen LogP contribution in [0.25, 0.3) is 0 Å². The fourth-order valence-electron chi connectivity index (χ4n) is 14.1. The van der Waals surface area contributed by atoms with Gasteiger partial charge < -0.3 is 33.8 Å². The van der Waals surface area contributed by atoms with E-state index >= 15 is 0 Å². The zero-order valence-electron chi connectivity index (χ0n) is 73.5. The molecule has 0 saturated heterocycles. The molecule has 0 spiro atoms. The van der Waals surface area contributed by atoms with E-state index in [9.17, 15) is 43.2 Å². The Balaban J connectivity index is 5.27. The number of allylic oxidation sites excluding steroid dienone is 4. The summed E-state index contributed by atoms with van der Waals surface area (Å²) in [5.74, 6) is -0.381. The molecular formula is C93H178O17P2. The number of aliphatic hydroxyl groups excluding tert-OH is 1. The summed E-state index contributed by atoms with van der Waals surface area (Å²) in [5.41, 5.74) is 0. The van der Waals surface area contributed by atoms with Crippen LogP contribution < -0.4 is 0 Å². The summed E-state index contributed by atoms with van der Waals surface area (Å²) >= 11 is 0. The first kappa shape index (κ1) is 110. The Morgan fingerprint density at radius 2 is 0.500 bits per heavy atom. The smallest absolute Gasteiger partial charge is 0.462 e. The van der Waals surface area contributed by atoms with E-state index in [0.29, 0.717) is 25.7 Å². The highest BCUT2D eigenvalue weighted by Gasteiger charge is 2.31. The zero-order valence-corrected chi connectivity index (χ0v) is 75.3. The van der Waals surface area contributed by atoms with Crippen molar-refractivity contribution in [2.75, 3.05) is 39.6 Å². The van der Waals surface area contributed by atoms with Crippen LogP contribution in [0.2, 0.25) is 0 Å². The summed E-state index contributed by atoms with van der Waals surface area (Å²) in [5, 5.41) is 10.7. The van der Waals surface area contributed by atoms with Gasteiger partial charge in [0.25, 0.3) is 0 Å². The molecule has 0 aliphatic rings. The largest absolute Gasteiger partial charge is 0.472 e. The molecule has 0 heterocycles. The van der Waals surface area contributed by atoms with Gasteiger partial charge in [-0.15, -0.1) is 0 Å². The molecule has 0 aromatic rings. The molecule has 0 amide bonds. The third-order valence-corrected chi connectivity index (χ3v) is 24.0. The number of carbonyl (C=O) groups excluding carboxylic acids is 4. The SMILES string of the molecule is CCCCCC/C=C\C=C/CCCCCCCC(=O)O[C@H](COC(=O)CCCCCCCCCCCCCCC)COP(=O)(O)OC[C@H](O)COP(=O)(O)OC[C@@H](COC(=O)CCCCCCCCCCCCCCCCCCCCC(C)CC)OC(=O)CCCCCCCCCCCCCCCCCCCCC(C)CC. The summed E-state index contributed by atoms with van der Waals surface area (Å²) in [4.78, 5) is 73.4. The second kappa shape index (κ2) is 83.6. The molecule has 0 rings (SSSR count). The lowest BCUT2D eigenvalue weighted by atomic mass is 9.99. The number of aliphatic hydroxyl groups is 1. The minimum atomic E-state index is -4.98. The molecule has 17 nitrogen and oxygen atoms in total. The molecule has 0 aromatic carbocycles. The quantitative estimate of drug-likeness (QED) is 0.0169. The number of carbonyl (C=O) groups is 4. The van der Waals surface area contributed by atoms with Crippen LogP contribution >= 0.6 is 15.6 Å². The molecule has 19 heteroatoms. The predicted octanol–water partition coefficient (Wildman–Crippen LogP) is 28.5. The minimum Gasteiger partial charge on any atom is -0.462 e. The zero-order chi connectivity index (χ0) is 82.0. The maximum atomic E-state index is 13.2. The first-order valence-electron chi connectivity index (χ1n) is 47.4. The highest BCUT2D eigenvalue weighted by Crippen LogP contribution is 2.45. The number of ether oxygens (including phenoxy) is 4. The van der Waals surface area contributed by atoms with E-state index in [0.717, 1.165) is 115 Å². The number of phosphoric ester groups is 2. The molecule has 0 aliphatic carbocycles. The molecule has 4 unspecified atom stereocenters. The number of rotatable bonds is 90. The molecule has 0 radical (unpaired) electrons. The standard InChI is InChI=1S/C93H178O17P2/c1-7-11-13-15-17-19-21-23-32-41-47-53-59-65-71-77-92(97)109-88(81-103-90(95)75-69-63-57-51-45-37-22-20-18-16-14-12-8-2)83-107-111(99,100)105-79-87(94)80-106-112(101,102)108-84-89(110-93(98)78-72-66-60-54-48-42-36-31-27-25-29-34-39-44-50-56-62-68-74-86(6)10-4)82-104-91(96)76-70-64-58-52-46-40-35-30-26-24-28-33-38-43-49-55-61-67-73-85(5)9-3/h19,21,23,32,85-89,94H,7-18,20,22,24-31,33-84H2,1-6H3,(H,99,100)(H,101,102)/b21-19-,32-23-/t85?,86?,87-,88+,89+/m0/s1. The number of hydrogen-bond donors (Lipinski definition) is 3. The van der Waals surface area contributed by atoms with Gasteiger partial charge in [-0.3, -0.25) is 37.3 Å².